The van der Waals surface area contributed by atoms with Gasteiger partial charge in [-0.1, -0.05) is 288 Å². The van der Waals surface area contributed by atoms with E-state index in [-0.39, 0.29) is 25.9 Å². The summed E-state index contributed by atoms with van der Waals surface area (Å²) >= 11 is 0. The van der Waals surface area contributed by atoms with Crippen molar-refractivity contribution in [2.24, 2.45) is 0 Å². The molecule has 0 aliphatic carbocycles. The average Bonchev–Trinajstić information content (AvgIpc) is 3.52. The van der Waals surface area contributed by atoms with Gasteiger partial charge in [0.05, 0.1) is 6.61 Å². The number of aliphatic hydroxyl groups is 2. The first-order valence-electron chi connectivity index (χ1n) is 33.6. The van der Waals surface area contributed by atoms with Gasteiger partial charge in [-0.05, 0) is 57.8 Å². The Hall–Kier alpha value is -3.32. The molecular weight excluding hydrogens is 1020 g/mol. The summed E-state index contributed by atoms with van der Waals surface area (Å²) in [5.74, 6) is -3.14. The molecule has 1 aliphatic rings. The number of ether oxygens (including phenoxy) is 5. The van der Waals surface area contributed by atoms with Crippen LogP contribution in [0.1, 0.15) is 316 Å². The molecule has 1 saturated heterocycles. The molecule has 0 saturated carbocycles. The maximum absolute atomic E-state index is 13.2. The van der Waals surface area contributed by atoms with Gasteiger partial charge in [0.1, 0.15) is 18.8 Å². The molecule has 0 aromatic carbocycles. The molecule has 3 N–H and O–H groups in total. The van der Waals surface area contributed by atoms with Gasteiger partial charge in [-0.2, -0.15) is 0 Å². The third kappa shape index (κ3) is 46.7. The van der Waals surface area contributed by atoms with Crippen molar-refractivity contribution in [3.8, 4) is 0 Å². The van der Waals surface area contributed by atoms with Crippen LogP contribution in [0.2, 0.25) is 0 Å². The van der Waals surface area contributed by atoms with E-state index >= 15 is 0 Å². The molecule has 0 spiro atoms. The van der Waals surface area contributed by atoms with E-state index in [0.29, 0.717) is 19.3 Å². The standard InChI is InChI=1S/C69H122O12/c1-4-7-10-13-16-19-22-25-28-30-31-33-36-39-42-45-48-51-54-57-63(72)80-67-65(74)64(73)66(68(75)76)81-69(67)78-59-60(79-62(71)56-53-50-47-44-41-38-34-27-24-21-18-15-12-9-6-3)58-77-61(70)55-52-49-46-43-40-37-35-32-29-26-23-20-17-14-11-8-5-2/h9,12,18,21,27,34,41,44,60,64-67,69,73-74H,4-8,10-11,13-17,19-20,22-26,28-33,35-40,42-43,45-59H2,1-3H3,(H,75,76)/b12-9-,21-18-,34-27-,44-41-. The molecular formula is C69H122O12. The number of unbranched alkanes of at least 4 members (excludes halogenated alkanes) is 36. The second-order valence-electron chi connectivity index (χ2n) is 23.1. The van der Waals surface area contributed by atoms with Crippen LogP contribution in [0, 0.1) is 0 Å². The smallest absolute Gasteiger partial charge is 0.335 e. The Morgan fingerprint density at radius 3 is 1.19 bits per heavy atom. The molecule has 0 aromatic heterocycles. The lowest BCUT2D eigenvalue weighted by Gasteiger charge is -2.40. The molecule has 0 amide bonds. The average molecular weight is 1140 g/mol. The summed E-state index contributed by atoms with van der Waals surface area (Å²) in [7, 11) is 0. The lowest BCUT2D eigenvalue weighted by molar-refractivity contribution is -0.301. The highest BCUT2D eigenvalue weighted by Gasteiger charge is 2.50. The second kappa shape index (κ2) is 57.1. The van der Waals surface area contributed by atoms with Gasteiger partial charge >= 0.3 is 23.9 Å². The lowest BCUT2D eigenvalue weighted by atomic mass is 9.98. The van der Waals surface area contributed by atoms with Gasteiger partial charge in [0, 0.05) is 19.3 Å². The van der Waals surface area contributed by atoms with E-state index in [2.05, 4.69) is 69.4 Å². The maximum atomic E-state index is 13.2. The predicted octanol–water partition coefficient (Wildman–Crippen LogP) is 18.1. The quantitative estimate of drug-likeness (QED) is 0.0228. The van der Waals surface area contributed by atoms with Crippen LogP contribution in [-0.4, -0.2) is 89.2 Å². The zero-order valence-electron chi connectivity index (χ0n) is 52.0. The molecule has 81 heavy (non-hydrogen) atoms. The van der Waals surface area contributed by atoms with E-state index in [9.17, 15) is 34.5 Å². The first-order chi connectivity index (χ1) is 39.6. The van der Waals surface area contributed by atoms with E-state index in [1.54, 1.807) is 0 Å². The molecule has 0 radical (unpaired) electrons. The number of rotatable bonds is 58. The number of esters is 3. The SMILES string of the molecule is CC/C=C\C/C=C\C/C=C\C/C=C\CCCCC(=O)OC(COC(=O)CCCCCCCCCCCCCCCCCCC)COC1OC(C(=O)O)C(O)C(O)C1OC(=O)CCCCCCCCCCCCCCCCCCCCC. The van der Waals surface area contributed by atoms with Crippen LogP contribution < -0.4 is 0 Å². The fraction of sp³-hybridized carbons (Fsp3) is 0.826. The molecule has 12 nitrogen and oxygen atoms in total. The summed E-state index contributed by atoms with van der Waals surface area (Å²) in [5.41, 5.74) is 0. The van der Waals surface area contributed by atoms with E-state index in [1.165, 1.54) is 173 Å². The number of hydrogen-bond acceptors (Lipinski definition) is 11. The molecule has 1 aliphatic heterocycles. The monoisotopic (exact) mass is 1140 g/mol. The molecule has 0 bridgehead atoms. The molecule has 6 unspecified atom stereocenters. The van der Waals surface area contributed by atoms with Crippen LogP contribution >= 0.6 is 0 Å². The number of carbonyl (C=O) groups is 4. The summed E-state index contributed by atoms with van der Waals surface area (Å²) in [5, 5.41) is 31.6. The van der Waals surface area contributed by atoms with Crippen LogP contribution in [0.3, 0.4) is 0 Å². The van der Waals surface area contributed by atoms with Gasteiger partial charge < -0.3 is 39.0 Å². The summed E-state index contributed by atoms with van der Waals surface area (Å²) in [4.78, 5) is 51.3. The molecule has 6 atom stereocenters. The Kier molecular flexibility index (Phi) is 53.4. The van der Waals surface area contributed by atoms with E-state index in [4.69, 9.17) is 23.7 Å². The van der Waals surface area contributed by atoms with Crippen LogP contribution in [0.5, 0.6) is 0 Å². The van der Waals surface area contributed by atoms with Gasteiger partial charge in [0.15, 0.2) is 24.6 Å². The van der Waals surface area contributed by atoms with E-state index in [0.717, 1.165) is 83.5 Å². The van der Waals surface area contributed by atoms with Crippen molar-refractivity contribution < 1.29 is 58.2 Å². The Bertz CT molecular complexity index is 1590. The van der Waals surface area contributed by atoms with Crippen LogP contribution in [0.25, 0.3) is 0 Å². The number of carboxylic acid groups (broad SMARTS) is 1. The third-order valence-electron chi connectivity index (χ3n) is 15.4. The largest absolute Gasteiger partial charge is 0.479 e. The number of carboxylic acids is 1. The zero-order valence-corrected chi connectivity index (χ0v) is 52.0. The molecule has 12 heteroatoms. The van der Waals surface area contributed by atoms with Gasteiger partial charge in [-0.25, -0.2) is 4.79 Å². The van der Waals surface area contributed by atoms with Gasteiger partial charge in [-0.15, -0.1) is 0 Å². The molecule has 1 rings (SSSR count). The van der Waals surface area contributed by atoms with Gasteiger partial charge in [0.25, 0.3) is 0 Å². The Morgan fingerprint density at radius 2 is 0.778 bits per heavy atom. The third-order valence-corrected chi connectivity index (χ3v) is 15.4. The maximum Gasteiger partial charge on any atom is 0.335 e. The highest BCUT2D eigenvalue weighted by Crippen LogP contribution is 2.27. The number of aliphatic carboxylic acids is 1. The van der Waals surface area contributed by atoms with Crippen LogP contribution in [0.4, 0.5) is 0 Å². The number of carbonyl (C=O) groups excluding carboxylic acids is 3. The van der Waals surface area contributed by atoms with Gasteiger partial charge in [0.2, 0.25) is 0 Å². The van der Waals surface area contributed by atoms with Crippen molar-refractivity contribution in [3.63, 3.8) is 0 Å². The van der Waals surface area contributed by atoms with E-state index < -0.39 is 67.3 Å². The Morgan fingerprint density at radius 1 is 0.420 bits per heavy atom. The van der Waals surface area contributed by atoms with Crippen molar-refractivity contribution in [2.75, 3.05) is 13.2 Å². The summed E-state index contributed by atoms with van der Waals surface area (Å²) in [6.45, 7) is 5.91. The number of allylic oxidation sites excluding steroid dienone is 8. The van der Waals surface area contributed by atoms with Crippen molar-refractivity contribution in [1.82, 2.24) is 0 Å². The van der Waals surface area contributed by atoms with Crippen molar-refractivity contribution >= 4 is 23.9 Å². The predicted molar refractivity (Wildman–Crippen MR) is 331 cm³/mol. The van der Waals surface area contributed by atoms with Crippen molar-refractivity contribution in [3.05, 3.63) is 48.6 Å². The Balaban J connectivity index is 2.64. The van der Waals surface area contributed by atoms with Crippen LogP contribution in [0.15, 0.2) is 48.6 Å². The van der Waals surface area contributed by atoms with Gasteiger partial charge in [-0.3, -0.25) is 14.4 Å². The fourth-order valence-corrected chi connectivity index (χ4v) is 10.3. The summed E-state index contributed by atoms with van der Waals surface area (Å²) in [6, 6.07) is 0. The lowest BCUT2D eigenvalue weighted by Crippen LogP contribution is -2.61. The molecule has 0 aromatic rings. The minimum absolute atomic E-state index is 0.0607. The first-order valence-corrected chi connectivity index (χ1v) is 33.6. The van der Waals surface area contributed by atoms with E-state index in [1.807, 2.05) is 0 Å². The van der Waals surface area contributed by atoms with Crippen molar-refractivity contribution in [1.29, 1.82) is 0 Å². The number of hydrogen-bond donors (Lipinski definition) is 3. The second-order valence-corrected chi connectivity index (χ2v) is 23.1. The topological polar surface area (TPSA) is 175 Å². The Labute approximate surface area is 494 Å². The molecule has 470 valence electrons. The van der Waals surface area contributed by atoms with Crippen molar-refractivity contribution in [2.45, 2.75) is 353 Å². The highest BCUT2D eigenvalue weighted by molar-refractivity contribution is 5.74. The summed E-state index contributed by atoms with van der Waals surface area (Å²) in [6.07, 6.45) is 57.9. The fourth-order valence-electron chi connectivity index (χ4n) is 10.3. The minimum Gasteiger partial charge on any atom is -0.479 e. The highest BCUT2D eigenvalue weighted by atomic mass is 16.7. The molecule has 1 fully saturated rings. The van der Waals surface area contributed by atoms with Crippen LogP contribution in [-0.2, 0) is 42.9 Å². The normalized spacial score (nSPS) is 18.0. The first kappa shape index (κ1) is 75.7. The summed E-state index contributed by atoms with van der Waals surface area (Å²) < 4.78 is 28.5. The zero-order chi connectivity index (χ0) is 58.9. The minimum atomic E-state index is -1.91. The number of aliphatic hydroxyl groups excluding tert-OH is 2. The molecule has 1 heterocycles.